The predicted molar refractivity (Wildman–Crippen MR) is 125 cm³/mol. The molecule has 1 amide bonds. The second-order valence-electron chi connectivity index (χ2n) is 8.27. The summed E-state index contributed by atoms with van der Waals surface area (Å²) in [6.45, 7) is 7.05. The van der Waals surface area contributed by atoms with Crippen LogP contribution in [0.25, 0.3) is 0 Å². The van der Waals surface area contributed by atoms with Crippen molar-refractivity contribution in [3.8, 4) is 5.75 Å². The molecule has 2 heterocycles. The van der Waals surface area contributed by atoms with Gasteiger partial charge in [0.2, 0.25) is 0 Å². The molecule has 2 atom stereocenters. The zero-order chi connectivity index (χ0) is 25.0. The van der Waals surface area contributed by atoms with Crippen molar-refractivity contribution >= 4 is 23.1 Å². The monoisotopic (exact) mass is 480 g/mol. The van der Waals surface area contributed by atoms with Gasteiger partial charge in [-0.25, -0.2) is 0 Å². The van der Waals surface area contributed by atoms with E-state index in [1.807, 2.05) is 36.4 Å². The molecule has 1 aliphatic rings. The van der Waals surface area contributed by atoms with Crippen LogP contribution in [0.4, 0.5) is 24.7 Å². The fraction of sp³-hybridized carbons (Fsp3) is 0.500. The number of likely N-dealkylation sites (tertiary alicyclic amines) is 1. The molecule has 0 saturated carbocycles. The van der Waals surface area contributed by atoms with Gasteiger partial charge in [-0.2, -0.15) is 0 Å². The summed E-state index contributed by atoms with van der Waals surface area (Å²) in [5.74, 6) is 0.371. The Morgan fingerprint density at radius 3 is 2.56 bits per heavy atom. The number of anilines is 1. The van der Waals surface area contributed by atoms with Crippen LogP contribution in [-0.2, 0) is 11.8 Å². The summed E-state index contributed by atoms with van der Waals surface area (Å²) in [6, 6.07) is 7.17. The van der Waals surface area contributed by atoms with E-state index in [9.17, 15) is 18.0 Å². The number of aromatic nitrogens is 1. The van der Waals surface area contributed by atoms with Crippen LogP contribution in [-0.4, -0.2) is 59.8 Å². The molecule has 10 heteroatoms. The molecule has 186 valence electrons. The summed E-state index contributed by atoms with van der Waals surface area (Å²) >= 11 is 0. The molecule has 1 N–H and O–H groups in total. The van der Waals surface area contributed by atoms with Crippen molar-refractivity contribution in [3.05, 3.63) is 41.6 Å². The van der Waals surface area contributed by atoms with Crippen molar-refractivity contribution in [1.82, 2.24) is 9.47 Å². The Morgan fingerprint density at radius 1 is 1.29 bits per heavy atom. The second kappa shape index (κ2) is 10.5. The number of amides is 1. The fourth-order valence-electron chi connectivity index (χ4n) is 4.28. The van der Waals surface area contributed by atoms with Crippen LogP contribution in [0.1, 0.15) is 49.7 Å². The highest BCUT2D eigenvalue weighted by Gasteiger charge is 2.35. The third-order valence-corrected chi connectivity index (χ3v) is 6.03. The molecule has 0 bridgehead atoms. The number of carbonyl (C=O) groups excluding carboxylic acids is 1. The van der Waals surface area contributed by atoms with Crippen molar-refractivity contribution in [1.29, 1.82) is 0 Å². The highest BCUT2D eigenvalue weighted by Crippen LogP contribution is 2.29. The summed E-state index contributed by atoms with van der Waals surface area (Å²) in [7, 11) is 3.48. The lowest BCUT2D eigenvalue weighted by Crippen LogP contribution is -2.42. The van der Waals surface area contributed by atoms with Crippen LogP contribution in [0, 0.1) is 0 Å². The van der Waals surface area contributed by atoms with E-state index in [0.717, 1.165) is 24.2 Å². The van der Waals surface area contributed by atoms with E-state index >= 15 is 0 Å². The number of halogens is 3. The van der Waals surface area contributed by atoms with Crippen LogP contribution in [0.15, 0.2) is 35.3 Å². The summed E-state index contributed by atoms with van der Waals surface area (Å²) in [6.07, 6.45) is -2.99. The van der Waals surface area contributed by atoms with Crippen LogP contribution in [0.3, 0.4) is 0 Å². The first-order valence-corrected chi connectivity index (χ1v) is 11.2. The van der Waals surface area contributed by atoms with Gasteiger partial charge in [0.25, 0.3) is 5.91 Å². The minimum Gasteiger partial charge on any atom is -0.406 e. The number of nitrogens with zero attached hydrogens (tertiary/aromatic N) is 3. The van der Waals surface area contributed by atoms with E-state index in [4.69, 9.17) is 4.74 Å². The molecule has 2 aromatic rings. The zero-order valence-corrected chi connectivity index (χ0v) is 20.1. The van der Waals surface area contributed by atoms with Crippen LogP contribution in [0.2, 0.25) is 0 Å². The fourth-order valence-corrected chi connectivity index (χ4v) is 4.28. The molecule has 2 unspecified atom stereocenters. The number of benzene rings is 1. The zero-order valence-electron chi connectivity index (χ0n) is 20.1. The van der Waals surface area contributed by atoms with Crippen LogP contribution >= 0.6 is 0 Å². The molecule has 1 saturated heterocycles. The van der Waals surface area contributed by atoms with E-state index < -0.39 is 6.36 Å². The first-order chi connectivity index (χ1) is 16.1. The minimum atomic E-state index is -4.75. The summed E-state index contributed by atoms with van der Waals surface area (Å²) < 4.78 is 48.4. The quantitative estimate of drug-likeness (QED) is 0.532. The van der Waals surface area contributed by atoms with Gasteiger partial charge in [0.05, 0.1) is 17.8 Å². The van der Waals surface area contributed by atoms with Crippen molar-refractivity contribution in [3.63, 3.8) is 0 Å². The molecule has 0 spiro atoms. The molecule has 0 radical (unpaired) electrons. The number of hydrogen-bond donors (Lipinski definition) is 1. The summed E-state index contributed by atoms with van der Waals surface area (Å²) in [5.41, 5.74) is 2.38. The Kier molecular flexibility index (Phi) is 7.91. The maximum Gasteiger partial charge on any atom is 0.573 e. The molecular formula is C24H31F3N4O3. The smallest absolute Gasteiger partial charge is 0.406 e. The molecule has 7 nitrogen and oxygen atoms in total. The van der Waals surface area contributed by atoms with E-state index in [0.29, 0.717) is 30.2 Å². The Bertz CT molecular complexity index is 1030. The number of ether oxygens (including phenoxy) is 2. The molecule has 3 rings (SSSR count). The van der Waals surface area contributed by atoms with Crippen LogP contribution < -0.4 is 10.1 Å². The molecule has 1 aromatic heterocycles. The van der Waals surface area contributed by atoms with Gasteiger partial charge in [0.1, 0.15) is 17.3 Å². The average molecular weight is 481 g/mol. The highest BCUT2D eigenvalue weighted by atomic mass is 19.4. The van der Waals surface area contributed by atoms with Crippen LogP contribution in [0.5, 0.6) is 5.75 Å². The standard InChI is InChI=1S/C24H31F3N4O3/c1-6-28-22-19(15(2)29-17-9-11-18(12-10-17)34-24(25,26)27)14-21(30(22)4)23(32)31-13-7-8-20(31)16(3)33-5/h9-12,14,16,20,28H,6-8,13H2,1-5H3. The summed E-state index contributed by atoms with van der Waals surface area (Å²) in [5, 5.41) is 3.30. The molecule has 1 fully saturated rings. The Labute approximate surface area is 197 Å². The average Bonchev–Trinajstić information content (AvgIpc) is 3.39. The Balaban J connectivity index is 1.91. The van der Waals surface area contributed by atoms with Gasteiger partial charge in [0.15, 0.2) is 0 Å². The van der Waals surface area contributed by atoms with Crippen molar-refractivity contribution in [2.75, 3.05) is 25.5 Å². The van der Waals surface area contributed by atoms with Gasteiger partial charge in [-0.15, -0.1) is 13.2 Å². The molecule has 1 aromatic carbocycles. The van der Waals surface area contributed by atoms with Crippen molar-refractivity contribution in [2.24, 2.45) is 12.0 Å². The number of carbonyl (C=O) groups is 1. The topological polar surface area (TPSA) is 68.1 Å². The Morgan fingerprint density at radius 2 is 1.97 bits per heavy atom. The van der Waals surface area contributed by atoms with E-state index in [2.05, 4.69) is 15.0 Å². The van der Waals surface area contributed by atoms with Gasteiger partial charge in [0, 0.05) is 38.5 Å². The molecular weight excluding hydrogens is 449 g/mol. The molecule has 0 aliphatic carbocycles. The van der Waals surface area contributed by atoms with E-state index in [-0.39, 0.29) is 23.8 Å². The minimum absolute atomic E-state index is 0.0191. The largest absolute Gasteiger partial charge is 0.573 e. The number of rotatable bonds is 8. The Hall–Kier alpha value is -3.01. The van der Waals surface area contributed by atoms with Gasteiger partial charge < -0.3 is 24.3 Å². The van der Waals surface area contributed by atoms with Crippen molar-refractivity contribution in [2.45, 2.75) is 52.1 Å². The molecule has 1 aliphatic heterocycles. The van der Waals surface area contributed by atoms with Gasteiger partial charge in [-0.1, -0.05) is 0 Å². The lowest BCUT2D eigenvalue weighted by atomic mass is 10.1. The van der Waals surface area contributed by atoms with Gasteiger partial charge in [-0.3, -0.25) is 9.79 Å². The first-order valence-electron chi connectivity index (χ1n) is 11.2. The SMILES string of the molecule is CCNc1c(C(C)=Nc2ccc(OC(F)(F)F)cc2)cc(C(=O)N2CCCC2C(C)OC)n1C. The summed E-state index contributed by atoms with van der Waals surface area (Å²) in [4.78, 5) is 19.9. The predicted octanol–water partition coefficient (Wildman–Crippen LogP) is 5.14. The third-order valence-electron chi connectivity index (χ3n) is 6.03. The van der Waals surface area contributed by atoms with E-state index in [1.54, 1.807) is 14.0 Å². The van der Waals surface area contributed by atoms with Crippen molar-refractivity contribution < 1.29 is 27.4 Å². The third kappa shape index (κ3) is 5.72. The van der Waals surface area contributed by atoms with Gasteiger partial charge in [-0.05, 0) is 63.9 Å². The highest BCUT2D eigenvalue weighted by molar-refractivity contribution is 6.07. The maximum absolute atomic E-state index is 13.5. The maximum atomic E-state index is 13.5. The number of alkyl halides is 3. The number of hydrogen-bond acceptors (Lipinski definition) is 5. The lowest BCUT2D eigenvalue weighted by molar-refractivity contribution is -0.274. The lowest BCUT2D eigenvalue weighted by Gasteiger charge is -2.29. The number of methoxy groups -OCH3 is 1. The number of nitrogens with one attached hydrogen (secondary N) is 1. The molecule has 34 heavy (non-hydrogen) atoms. The normalized spacial score (nSPS) is 17.7. The van der Waals surface area contributed by atoms with Gasteiger partial charge >= 0.3 is 6.36 Å². The second-order valence-corrected chi connectivity index (χ2v) is 8.27. The van der Waals surface area contributed by atoms with E-state index in [1.165, 1.54) is 24.3 Å². The first kappa shape index (κ1) is 25.6. The number of aliphatic imine (C=N–C) groups is 1.